The first kappa shape index (κ1) is 14.8. The first-order valence-corrected chi connectivity index (χ1v) is 7.11. The third-order valence-corrected chi connectivity index (χ3v) is 3.71. The van der Waals surface area contributed by atoms with E-state index >= 15 is 0 Å². The van der Waals surface area contributed by atoms with Gasteiger partial charge in [-0.1, -0.05) is 24.8 Å². The van der Waals surface area contributed by atoms with Crippen molar-refractivity contribution in [3.8, 4) is 11.3 Å². The number of fused-ring (bicyclic) bond motifs is 1. The van der Waals surface area contributed by atoms with E-state index in [1.807, 2.05) is 37.4 Å². The van der Waals surface area contributed by atoms with Crippen molar-refractivity contribution in [2.45, 2.75) is 13.5 Å². The summed E-state index contributed by atoms with van der Waals surface area (Å²) in [5.41, 5.74) is 5.60. The summed E-state index contributed by atoms with van der Waals surface area (Å²) < 4.78 is 1.77. The zero-order valence-electron chi connectivity index (χ0n) is 12.7. The smallest absolute Gasteiger partial charge is 0.404 e. The Balaban J connectivity index is 2.02. The van der Waals surface area contributed by atoms with Gasteiger partial charge in [0.1, 0.15) is 6.33 Å². The molecule has 0 unspecified atom stereocenters. The van der Waals surface area contributed by atoms with Crippen molar-refractivity contribution in [1.82, 2.24) is 19.9 Å². The maximum absolute atomic E-state index is 10.6. The van der Waals surface area contributed by atoms with Crippen molar-refractivity contribution in [3.05, 3.63) is 60.1 Å². The molecule has 23 heavy (non-hydrogen) atoms. The topological polar surface area (TPSA) is 79.5 Å². The number of nitrogens with zero attached hydrogens (tertiary/aromatic N) is 3. The maximum Gasteiger partial charge on any atom is 0.404 e. The van der Waals surface area contributed by atoms with E-state index in [4.69, 9.17) is 5.11 Å². The Morgan fingerprint density at radius 2 is 2.26 bits per heavy atom. The molecule has 0 atom stereocenters. The highest BCUT2D eigenvalue weighted by atomic mass is 16.4. The second-order valence-corrected chi connectivity index (χ2v) is 5.22. The summed E-state index contributed by atoms with van der Waals surface area (Å²) in [6, 6.07) is 7.84. The molecule has 6 nitrogen and oxygen atoms in total. The minimum atomic E-state index is -1.03. The number of nitrogens with one attached hydrogen (secondary N) is 1. The van der Waals surface area contributed by atoms with Gasteiger partial charge >= 0.3 is 6.09 Å². The molecule has 0 bridgehead atoms. The molecule has 3 aromatic rings. The summed E-state index contributed by atoms with van der Waals surface area (Å²) in [5, 5.41) is 15.3. The normalized spacial score (nSPS) is 10.7. The molecule has 2 aromatic heterocycles. The molecule has 1 aromatic carbocycles. The highest BCUT2D eigenvalue weighted by Gasteiger charge is 2.10. The monoisotopic (exact) mass is 308 g/mol. The lowest BCUT2D eigenvalue weighted by Gasteiger charge is -2.09. The summed E-state index contributed by atoms with van der Waals surface area (Å²) >= 11 is 0. The summed E-state index contributed by atoms with van der Waals surface area (Å²) in [5.74, 6) is 0. The van der Waals surface area contributed by atoms with Gasteiger partial charge in [0.25, 0.3) is 0 Å². The van der Waals surface area contributed by atoms with E-state index in [-0.39, 0.29) is 6.54 Å². The van der Waals surface area contributed by atoms with Crippen LogP contribution in [0.1, 0.15) is 16.7 Å². The Labute approximate surface area is 133 Å². The van der Waals surface area contributed by atoms with Crippen LogP contribution in [0.25, 0.3) is 22.9 Å². The van der Waals surface area contributed by atoms with Gasteiger partial charge in [0.2, 0.25) is 0 Å². The van der Waals surface area contributed by atoms with E-state index in [2.05, 4.69) is 22.0 Å². The summed E-state index contributed by atoms with van der Waals surface area (Å²) in [4.78, 5) is 15.0. The number of hydrogen-bond acceptors (Lipinski definition) is 3. The third kappa shape index (κ3) is 2.91. The Hall–Kier alpha value is -3.15. The number of aromatic nitrogens is 3. The molecule has 0 aliphatic rings. The van der Waals surface area contributed by atoms with Gasteiger partial charge in [-0.05, 0) is 35.7 Å². The molecule has 1 amide bonds. The number of rotatable bonds is 4. The van der Waals surface area contributed by atoms with Crippen molar-refractivity contribution < 1.29 is 9.90 Å². The van der Waals surface area contributed by atoms with E-state index in [1.165, 1.54) is 6.33 Å². The van der Waals surface area contributed by atoms with E-state index in [1.54, 1.807) is 10.6 Å². The lowest BCUT2D eigenvalue weighted by Crippen LogP contribution is -2.20. The SMILES string of the molecule is C=Cc1cc2c(-c3ccc(CNC(=O)O)c(C)c3)ncnn2c1. The van der Waals surface area contributed by atoms with Gasteiger partial charge in [-0.15, -0.1) is 0 Å². The van der Waals surface area contributed by atoms with Gasteiger partial charge in [-0.2, -0.15) is 5.10 Å². The zero-order chi connectivity index (χ0) is 16.4. The quantitative estimate of drug-likeness (QED) is 0.776. The summed E-state index contributed by atoms with van der Waals surface area (Å²) in [7, 11) is 0. The van der Waals surface area contributed by atoms with Crippen molar-refractivity contribution in [2.75, 3.05) is 0 Å². The minimum Gasteiger partial charge on any atom is -0.465 e. The largest absolute Gasteiger partial charge is 0.465 e. The van der Waals surface area contributed by atoms with Crippen LogP contribution in [0.15, 0.2) is 43.4 Å². The molecule has 116 valence electrons. The fourth-order valence-corrected chi connectivity index (χ4v) is 2.50. The average molecular weight is 308 g/mol. The lowest BCUT2D eigenvalue weighted by molar-refractivity contribution is 0.194. The van der Waals surface area contributed by atoms with Crippen LogP contribution >= 0.6 is 0 Å². The number of hydrogen-bond donors (Lipinski definition) is 2. The number of carboxylic acid groups (broad SMARTS) is 1. The van der Waals surface area contributed by atoms with Crippen LogP contribution in [-0.4, -0.2) is 25.8 Å². The van der Waals surface area contributed by atoms with Crippen LogP contribution in [0.5, 0.6) is 0 Å². The van der Waals surface area contributed by atoms with Gasteiger partial charge in [0.05, 0.1) is 11.2 Å². The Kier molecular flexibility index (Phi) is 3.80. The summed E-state index contributed by atoms with van der Waals surface area (Å²) in [6.07, 6.45) is 4.15. The van der Waals surface area contributed by atoms with Gasteiger partial charge in [-0.25, -0.2) is 14.3 Å². The fraction of sp³-hybridized carbons (Fsp3) is 0.118. The van der Waals surface area contributed by atoms with Gasteiger partial charge in [0, 0.05) is 18.3 Å². The van der Waals surface area contributed by atoms with Crippen LogP contribution in [0.2, 0.25) is 0 Å². The van der Waals surface area contributed by atoms with Crippen LogP contribution in [0, 0.1) is 6.92 Å². The standard InChI is InChI=1S/C17H16N4O2/c1-3-12-7-15-16(19-10-20-21(15)9-12)13-4-5-14(11(2)6-13)8-18-17(22)23/h3-7,9-10,18H,1,8H2,2H3,(H,22,23). The summed E-state index contributed by atoms with van der Waals surface area (Å²) in [6.45, 7) is 6.01. The molecule has 0 fully saturated rings. The van der Waals surface area contributed by atoms with Crippen LogP contribution < -0.4 is 5.32 Å². The molecule has 2 heterocycles. The van der Waals surface area contributed by atoms with E-state index in [9.17, 15) is 4.79 Å². The highest BCUT2D eigenvalue weighted by Crippen LogP contribution is 2.25. The lowest BCUT2D eigenvalue weighted by atomic mass is 10.0. The predicted molar refractivity (Wildman–Crippen MR) is 88.1 cm³/mol. The van der Waals surface area contributed by atoms with E-state index < -0.39 is 6.09 Å². The van der Waals surface area contributed by atoms with Crippen LogP contribution in [0.4, 0.5) is 4.79 Å². The zero-order valence-corrected chi connectivity index (χ0v) is 12.7. The molecule has 0 aliphatic heterocycles. The van der Waals surface area contributed by atoms with Crippen molar-refractivity contribution >= 4 is 17.7 Å². The van der Waals surface area contributed by atoms with Crippen LogP contribution in [-0.2, 0) is 6.54 Å². The Bertz CT molecular complexity index is 899. The number of amides is 1. The number of carbonyl (C=O) groups is 1. The molecule has 0 saturated heterocycles. The molecule has 6 heteroatoms. The molecular weight excluding hydrogens is 292 g/mol. The second kappa shape index (κ2) is 5.92. The van der Waals surface area contributed by atoms with Crippen LogP contribution in [0.3, 0.4) is 0 Å². The van der Waals surface area contributed by atoms with E-state index in [0.29, 0.717) is 0 Å². The molecule has 0 saturated carbocycles. The van der Waals surface area contributed by atoms with E-state index in [0.717, 1.165) is 33.5 Å². The van der Waals surface area contributed by atoms with Gasteiger partial charge in [-0.3, -0.25) is 0 Å². The molecule has 3 rings (SSSR count). The Morgan fingerprint density at radius 1 is 1.43 bits per heavy atom. The van der Waals surface area contributed by atoms with Crippen molar-refractivity contribution in [3.63, 3.8) is 0 Å². The molecule has 0 radical (unpaired) electrons. The second-order valence-electron chi connectivity index (χ2n) is 5.22. The molecule has 0 spiro atoms. The molecule has 2 N–H and O–H groups in total. The Morgan fingerprint density at radius 3 is 2.96 bits per heavy atom. The maximum atomic E-state index is 10.6. The van der Waals surface area contributed by atoms with Gasteiger partial charge in [0.15, 0.2) is 0 Å². The van der Waals surface area contributed by atoms with Gasteiger partial charge < -0.3 is 10.4 Å². The number of benzene rings is 1. The first-order valence-electron chi connectivity index (χ1n) is 7.11. The third-order valence-electron chi connectivity index (χ3n) is 3.71. The van der Waals surface area contributed by atoms with Crippen molar-refractivity contribution in [2.24, 2.45) is 0 Å². The highest BCUT2D eigenvalue weighted by molar-refractivity contribution is 5.79. The minimum absolute atomic E-state index is 0.284. The predicted octanol–water partition coefficient (Wildman–Crippen LogP) is 3.12. The number of aryl methyl sites for hydroxylation is 1. The molecular formula is C17H16N4O2. The van der Waals surface area contributed by atoms with Crippen molar-refractivity contribution in [1.29, 1.82) is 0 Å². The fourth-order valence-electron chi connectivity index (χ4n) is 2.50. The average Bonchev–Trinajstić information content (AvgIpc) is 2.96. The molecule has 0 aliphatic carbocycles. The first-order chi connectivity index (χ1) is 11.1.